The summed E-state index contributed by atoms with van der Waals surface area (Å²) in [5, 5.41) is 14.9. The Morgan fingerprint density at radius 1 is 1.14 bits per heavy atom. The van der Waals surface area contributed by atoms with Crippen LogP contribution < -0.4 is 9.47 Å². The number of carbonyl (C=O) groups excluding carboxylic acids is 1. The molecular weight excluding hydrogens is 360 g/mol. The van der Waals surface area contributed by atoms with Crippen LogP contribution in [0, 0.1) is 6.92 Å². The average molecular weight is 380 g/mol. The number of ether oxygens (including phenoxy) is 2. The number of hydrogen-bond donors (Lipinski definition) is 1. The fourth-order valence-corrected chi connectivity index (χ4v) is 3.45. The number of benzene rings is 2. The molecule has 28 heavy (non-hydrogen) atoms. The molecule has 0 fully saturated rings. The Bertz CT molecular complexity index is 969. The van der Waals surface area contributed by atoms with E-state index >= 15 is 0 Å². The number of nitrogens with zero attached hydrogens (tertiary/aromatic N) is 2. The number of amides is 1. The lowest BCUT2D eigenvalue weighted by Gasteiger charge is -2.22. The van der Waals surface area contributed by atoms with Gasteiger partial charge in [-0.1, -0.05) is 35.9 Å². The number of fused-ring (bicyclic) bond motifs is 1. The van der Waals surface area contributed by atoms with Crippen LogP contribution in [0.25, 0.3) is 0 Å². The van der Waals surface area contributed by atoms with Crippen molar-refractivity contribution in [2.45, 2.75) is 32.2 Å². The maximum Gasteiger partial charge on any atom is 0.303 e. The molecule has 144 valence electrons. The molecule has 0 aromatic heterocycles. The largest absolute Gasteiger partial charge is 0.481 e. The lowest BCUT2D eigenvalue weighted by molar-refractivity contribution is -0.141. The topological polar surface area (TPSA) is 88.4 Å². The van der Waals surface area contributed by atoms with E-state index in [2.05, 4.69) is 5.10 Å². The van der Waals surface area contributed by atoms with E-state index in [0.29, 0.717) is 17.9 Å². The number of aliphatic carboxylic acids is 1. The number of carboxylic acid groups (broad SMARTS) is 1. The fourth-order valence-electron chi connectivity index (χ4n) is 3.45. The minimum atomic E-state index is -1.00. The summed E-state index contributed by atoms with van der Waals surface area (Å²) in [7, 11) is 0. The third-order valence-electron chi connectivity index (χ3n) is 4.85. The van der Waals surface area contributed by atoms with Crippen molar-refractivity contribution in [3.63, 3.8) is 0 Å². The van der Waals surface area contributed by atoms with Crippen LogP contribution in [0.15, 0.2) is 47.6 Å². The maximum absolute atomic E-state index is 12.7. The summed E-state index contributed by atoms with van der Waals surface area (Å²) >= 11 is 0. The van der Waals surface area contributed by atoms with E-state index in [1.807, 2.05) is 49.4 Å². The summed E-state index contributed by atoms with van der Waals surface area (Å²) in [4.78, 5) is 23.6. The molecule has 1 N–H and O–H groups in total. The highest BCUT2D eigenvalue weighted by atomic mass is 16.7. The number of carboxylic acids is 1. The maximum atomic E-state index is 12.7. The molecule has 2 aromatic carbocycles. The summed E-state index contributed by atoms with van der Waals surface area (Å²) in [6.07, 6.45) is 0.224. The van der Waals surface area contributed by atoms with E-state index < -0.39 is 5.97 Å². The third-order valence-corrected chi connectivity index (χ3v) is 4.85. The summed E-state index contributed by atoms with van der Waals surface area (Å²) in [5.41, 5.74) is 3.74. The number of rotatable bonds is 5. The van der Waals surface area contributed by atoms with Crippen LogP contribution in [0.2, 0.25) is 0 Å². The van der Waals surface area contributed by atoms with Gasteiger partial charge in [-0.3, -0.25) is 9.59 Å². The summed E-state index contributed by atoms with van der Waals surface area (Å²) in [6, 6.07) is 13.2. The minimum Gasteiger partial charge on any atom is -0.481 e. The lowest BCUT2D eigenvalue weighted by atomic mass is 9.97. The average Bonchev–Trinajstić information content (AvgIpc) is 3.32. The highest BCUT2D eigenvalue weighted by Crippen LogP contribution is 2.39. The fraction of sp³-hybridized carbons (Fsp3) is 0.286. The van der Waals surface area contributed by atoms with E-state index in [1.165, 1.54) is 5.01 Å². The SMILES string of the molecule is Cc1cccc(C2=NN(C(=O)CCC(=O)O)C(c3ccc4c(c3)OCO4)C2)c1. The minimum absolute atomic E-state index is 0.0962. The van der Waals surface area contributed by atoms with Crippen molar-refractivity contribution >= 4 is 17.6 Å². The van der Waals surface area contributed by atoms with Crippen molar-refractivity contribution in [1.82, 2.24) is 5.01 Å². The van der Waals surface area contributed by atoms with Gasteiger partial charge in [0.2, 0.25) is 12.7 Å². The highest BCUT2D eigenvalue weighted by molar-refractivity contribution is 6.03. The van der Waals surface area contributed by atoms with Crippen LogP contribution in [0.1, 0.15) is 42.0 Å². The zero-order chi connectivity index (χ0) is 19.7. The molecule has 0 saturated carbocycles. The number of hydrogen-bond acceptors (Lipinski definition) is 5. The lowest BCUT2D eigenvalue weighted by Crippen LogP contribution is -2.27. The smallest absolute Gasteiger partial charge is 0.303 e. The second-order valence-corrected chi connectivity index (χ2v) is 6.88. The van der Waals surface area contributed by atoms with Gasteiger partial charge in [-0.05, 0) is 30.2 Å². The Labute approximate surface area is 162 Å². The van der Waals surface area contributed by atoms with E-state index in [4.69, 9.17) is 14.6 Å². The molecule has 7 heteroatoms. The Kier molecular flexibility index (Phi) is 4.73. The molecule has 1 atom stereocenters. The molecule has 2 aromatic rings. The first kappa shape index (κ1) is 18.0. The zero-order valence-corrected chi connectivity index (χ0v) is 15.4. The van der Waals surface area contributed by atoms with Gasteiger partial charge in [0.05, 0.1) is 18.2 Å². The molecule has 2 aliphatic rings. The van der Waals surface area contributed by atoms with E-state index in [0.717, 1.165) is 22.4 Å². The van der Waals surface area contributed by atoms with Gasteiger partial charge in [0.1, 0.15) is 0 Å². The van der Waals surface area contributed by atoms with Crippen molar-refractivity contribution in [1.29, 1.82) is 0 Å². The van der Waals surface area contributed by atoms with Crippen LogP contribution in [0.5, 0.6) is 11.5 Å². The molecule has 1 unspecified atom stereocenters. The third kappa shape index (κ3) is 3.55. The van der Waals surface area contributed by atoms with Gasteiger partial charge in [0.15, 0.2) is 11.5 Å². The Morgan fingerprint density at radius 3 is 2.75 bits per heavy atom. The first-order valence-corrected chi connectivity index (χ1v) is 9.09. The molecule has 0 saturated heterocycles. The quantitative estimate of drug-likeness (QED) is 0.860. The molecule has 1 amide bonds. The van der Waals surface area contributed by atoms with Crippen LogP contribution >= 0.6 is 0 Å². The molecule has 0 spiro atoms. The molecule has 0 bridgehead atoms. The van der Waals surface area contributed by atoms with E-state index in [9.17, 15) is 9.59 Å². The first-order chi connectivity index (χ1) is 13.5. The van der Waals surface area contributed by atoms with Gasteiger partial charge in [-0.15, -0.1) is 0 Å². The Balaban J connectivity index is 1.65. The molecule has 2 heterocycles. The van der Waals surface area contributed by atoms with Gasteiger partial charge >= 0.3 is 5.97 Å². The molecule has 4 rings (SSSR count). The van der Waals surface area contributed by atoms with Crippen molar-refractivity contribution in [3.8, 4) is 11.5 Å². The van der Waals surface area contributed by atoms with Gasteiger partial charge in [0.25, 0.3) is 0 Å². The summed E-state index contributed by atoms with van der Waals surface area (Å²) in [6.45, 7) is 2.18. The van der Waals surface area contributed by atoms with Gasteiger partial charge < -0.3 is 14.6 Å². The summed E-state index contributed by atoms with van der Waals surface area (Å²) in [5.74, 6) is -0.00690. The Hall–Kier alpha value is -3.35. The Morgan fingerprint density at radius 2 is 1.96 bits per heavy atom. The van der Waals surface area contributed by atoms with Crippen LogP contribution in [-0.4, -0.2) is 34.5 Å². The molecule has 0 radical (unpaired) electrons. The molecule has 2 aliphatic heterocycles. The standard InChI is InChI=1S/C21H20N2O5/c1-13-3-2-4-14(9-13)16-11-17(23(22-16)20(24)7-8-21(25)26)15-5-6-18-19(10-15)28-12-27-18/h2-6,9-10,17H,7-8,11-12H2,1H3,(H,25,26). The second kappa shape index (κ2) is 7.34. The number of aryl methyl sites for hydroxylation is 1. The molecule has 7 nitrogen and oxygen atoms in total. The molecular formula is C21H20N2O5. The van der Waals surface area contributed by atoms with Crippen molar-refractivity contribution in [2.24, 2.45) is 5.10 Å². The van der Waals surface area contributed by atoms with Crippen molar-refractivity contribution < 1.29 is 24.2 Å². The summed E-state index contributed by atoms with van der Waals surface area (Å²) < 4.78 is 10.8. The van der Waals surface area contributed by atoms with E-state index in [-0.39, 0.29) is 31.6 Å². The van der Waals surface area contributed by atoms with Crippen molar-refractivity contribution in [2.75, 3.05) is 6.79 Å². The van der Waals surface area contributed by atoms with Gasteiger partial charge in [0, 0.05) is 12.8 Å². The van der Waals surface area contributed by atoms with E-state index in [1.54, 1.807) is 0 Å². The van der Waals surface area contributed by atoms with Crippen LogP contribution in [0.4, 0.5) is 0 Å². The predicted octanol–water partition coefficient (Wildman–Crippen LogP) is 3.27. The molecule has 0 aliphatic carbocycles. The zero-order valence-electron chi connectivity index (χ0n) is 15.4. The van der Waals surface area contributed by atoms with Crippen LogP contribution in [-0.2, 0) is 9.59 Å². The van der Waals surface area contributed by atoms with Gasteiger partial charge in [-0.2, -0.15) is 5.10 Å². The first-order valence-electron chi connectivity index (χ1n) is 9.09. The van der Waals surface area contributed by atoms with Crippen molar-refractivity contribution in [3.05, 3.63) is 59.2 Å². The van der Waals surface area contributed by atoms with Gasteiger partial charge in [-0.25, -0.2) is 5.01 Å². The normalized spacial score (nSPS) is 17.5. The second-order valence-electron chi connectivity index (χ2n) is 6.88. The van der Waals surface area contributed by atoms with Crippen LogP contribution in [0.3, 0.4) is 0 Å². The number of hydrazone groups is 1. The number of carbonyl (C=O) groups is 2. The predicted molar refractivity (Wildman–Crippen MR) is 101 cm³/mol. The monoisotopic (exact) mass is 380 g/mol. The highest BCUT2D eigenvalue weighted by Gasteiger charge is 2.34.